The highest BCUT2D eigenvalue weighted by Gasteiger charge is 2.04. The fourth-order valence-corrected chi connectivity index (χ4v) is 1.82. The second kappa shape index (κ2) is 5.28. The van der Waals surface area contributed by atoms with Crippen LogP contribution in [0.4, 0.5) is 11.5 Å². The van der Waals surface area contributed by atoms with E-state index < -0.39 is 0 Å². The number of anilines is 2. The van der Waals surface area contributed by atoms with Gasteiger partial charge in [-0.25, -0.2) is 9.97 Å². The average Bonchev–Trinajstić information content (AvgIpc) is 2.39. The third kappa shape index (κ3) is 2.46. The van der Waals surface area contributed by atoms with Gasteiger partial charge < -0.3 is 5.32 Å². The highest BCUT2D eigenvalue weighted by molar-refractivity contribution is 5.62. The van der Waals surface area contributed by atoms with Gasteiger partial charge in [-0.2, -0.15) is 5.26 Å². The van der Waals surface area contributed by atoms with Crippen molar-refractivity contribution in [1.29, 1.82) is 5.26 Å². The molecule has 1 N–H and O–H groups in total. The van der Waals surface area contributed by atoms with Crippen molar-refractivity contribution in [3.05, 3.63) is 47.4 Å². The van der Waals surface area contributed by atoms with Gasteiger partial charge in [0.25, 0.3) is 0 Å². The molecule has 0 amide bonds. The largest absolute Gasteiger partial charge is 0.339 e. The van der Waals surface area contributed by atoms with Crippen molar-refractivity contribution in [3.8, 4) is 6.07 Å². The van der Waals surface area contributed by atoms with Gasteiger partial charge >= 0.3 is 0 Å². The first kappa shape index (κ1) is 12.1. The van der Waals surface area contributed by atoms with Gasteiger partial charge in [-0.1, -0.05) is 13.0 Å². The summed E-state index contributed by atoms with van der Waals surface area (Å²) in [4.78, 5) is 7.90. The van der Waals surface area contributed by atoms with E-state index in [9.17, 15) is 0 Å². The Morgan fingerprint density at radius 3 is 2.89 bits per heavy atom. The van der Waals surface area contributed by atoms with Crippen LogP contribution in [-0.4, -0.2) is 9.97 Å². The predicted molar refractivity (Wildman–Crippen MR) is 70.6 cm³/mol. The van der Waals surface area contributed by atoms with Crippen molar-refractivity contribution in [2.24, 2.45) is 0 Å². The fourth-order valence-electron chi connectivity index (χ4n) is 1.82. The smallest absolute Gasteiger partial charge is 0.151 e. The molecule has 0 saturated heterocycles. The Labute approximate surface area is 106 Å². The number of hydrogen-bond acceptors (Lipinski definition) is 4. The van der Waals surface area contributed by atoms with Crippen LogP contribution in [0.25, 0.3) is 0 Å². The van der Waals surface area contributed by atoms with Crippen molar-refractivity contribution in [3.63, 3.8) is 0 Å². The normalized spacial score (nSPS) is 9.83. The van der Waals surface area contributed by atoms with Crippen molar-refractivity contribution in [2.75, 3.05) is 5.32 Å². The molecule has 0 fully saturated rings. The third-order valence-electron chi connectivity index (χ3n) is 2.82. The lowest BCUT2D eigenvalue weighted by Crippen LogP contribution is -1.98. The van der Waals surface area contributed by atoms with E-state index in [1.807, 2.05) is 6.07 Å². The molecule has 2 rings (SSSR count). The number of aromatic nitrogens is 2. The van der Waals surface area contributed by atoms with Gasteiger partial charge in [0.1, 0.15) is 18.0 Å². The molecule has 1 heterocycles. The van der Waals surface area contributed by atoms with Crippen LogP contribution in [-0.2, 0) is 6.42 Å². The zero-order chi connectivity index (χ0) is 13.0. The number of nitrogens with one attached hydrogen (secondary N) is 1. The summed E-state index contributed by atoms with van der Waals surface area (Å²) in [7, 11) is 0. The Morgan fingerprint density at radius 1 is 1.39 bits per heavy atom. The van der Waals surface area contributed by atoms with Gasteiger partial charge in [0, 0.05) is 5.69 Å². The molecular weight excluding hydrogens is 224 g/mol. The van der Waals surface area contributed by atoms with E-state index in [1.54, 1.807) is 0 Å². The summed E-state index contributed by atoms with van der Waals surface area (Å²) in [5, 5.41) is 12.1. The minimum Gasteiger partial charge on any atom is -0.339 e. The van der Waals surface area contributed by atoms with E-state index >= 15 is 0 Å². The first-order valence-electron chi connectivity index (χ1n) is 5.81. The zero-order valence-electron chi connectivity index (χ0n) is 10.4. The molecule has 0 aliphatic rings. The lowest BCUT2D eigenvalue weighted by Gasteiger charge is -2.09. The van der Waals surface area contributed by atoms with E-state index in [-0.39, 0.29) is 0 Å². The molecule has 0 aliphatic heterocycles. The topological polar surface area (TPSA) is 61.6 Å². The highest BCUT2D eigenvalue weighted by Crippen LogP contribution is 2.20. The van der Waals surface area contributed by atoms with E-state index in [0.29, 0.717) is 11.4 Å². The molecule has 1 aromatic heterocycles. The van der Waals surface area contributed by atoms with Crippen LogP contribution in [0.1, 0.15) is 23.6 Å². The molecule has 18 heavy (non-hydrogen) atoms. The van der Waals surface area contributed by atoms with Crippen molar-refractivity contribution < 1.29 is 0 Å². The van der Waals surface area contributed by atoms with Crippen LogP contribution in [0, 0.1) is 18.3 Å². The van der Waals surface area contributed by atoms with Crippen LogP contribution in [0.2, 0.25) is 0 Å². The molecule has 4 nitrogen and oxygen atoms in total. The molecule has 0 unspecified atom stereocenters. The molecule has 0 saturated carbocycles. The minimum absolute atomic E-state index is 0.440. The van der Waals surface area contributed by atoms with Crippen LogP contribution >= 0.6 is 0 Å². The maximum absolute atomic E-state index is 8.96. The summed E-state index contributed by atoms with van der Waals surface area (Å²) in [5.41, 5.74) is 3.92. The Balaban J connectivity index is 2.29. The lowest BCUT2D eigenvalue weighted by molar-refractivity contribution is 1.11. The average molecular weight is 238 g/mol. The fraction of sp³-hybridized carbons (Fsp3) is 0.214. The van der Waals surface area contributed by atoms with Crippen molar-refractivity contribution in [1.82, 2.24) is 9.97 Å². The molecule has 0 bridgehead atoms. The van der Waals surface area contributed by atoms with Gasteiger partial charge in [0.05, 0.1) is 6.20 Å². The molecule has 0 spiro atoms. The number of nitriles is 1. The standard InChI is InChI=1S/C14H14N4/c1-3-11-4-5-13(6-10(11)2)18-14-12(7-15)8-16-9-17-14/h4-6,8-9H,3H2,1-2H3,(H,16,17,18). The molecule has 0 atom stereocenters. The van der Waals surface area contributed by atoms with Gasteiger partial charge in [-0.15, -0.1) is 0 Å². The second-order valence-electron chi connectivity index (χ2n) is 4.02. The SMILES string of the molecule is CCc1ccc(Nc2ncncc2C#N)cc1C. The summed E-state index contributed by atoms with van der Waals surface area (Å²) >= 11 is 0. The first-order chi connectivity index (χ1) is 8.74. The highest BCUT2D eigenvalue weighted by atomic mass is 15.0. The summed E-state index contributed by atoms with van der Waals surface area (Å²) in [6, 6.07) is 8.21. The molecule has 90 valence electrons. The van der Waals surface area contributed by atoms with E-state index in [0.717, 1.165) is 12.1 Å². The molecule has 2 aromatic rings. The Morgan fingerprint density at radius 2 is 2.22 bits per heavy atom. The number of rotatable bonds is 3. The van der Waals surface area contributed by atoms with Crippen LogP contribution < -0.4 is 5.32 Å². The lowest BCUT2D eigenvalue weighted by atomic mass is 10.1. The zero-order valence-corrected chi connectivity index (χ0v) is 10.4. The Kier molecular flexibility index (Phi) is 3.54. The van der Waals surface area contributed by atoms with Crippen LogP contribution in [0.3, 0.4) is 0 Å². The molecule has 0 aliphatic carbocycles. The van der Waals surface area contributed by atoms with Crippen LogP contribution in [0.15, 0.2) is 30.7 Å². The summed E-state index contributed by atoms with van der Waals surface area (Å²) in [6.07, 6.45) is 3.95. The molecule has 1 aromatic carbocycles. The van der Waals surface area contributed by atoms with E-state index in [1.165, 1.54) is 23.7 Å². The number of nitrogens with zero attached hydrogens (tertiary/aromatic N) is 3. The minimum atomic E-state index is 0.440. The van der Waals surface area contributed by atoms with Crippen molar-refractivity contribution in [2.45, 2.75) is 20.3 Å². The molecule has 0 radical (unpaired) electrons. The summed E-state index contributed by atoms with van der Waals surface area (Å²) < 4.78 is 0. The first-order valence-corrected chi connectivity index (χ1v) is 5.81. The quantitative estimate of drug-likeness (QED) is 0.893. The maximum Gasteiger partial charge on any atom is 0.151 e. The second-order valence-corrected chi connectivity index (χ2v) is 4.02. The van der Waals surface area contributed by atoms with Gasteiger partial charge in [-0.3, -0.25) is 0 Å². The summed E-state index contributed by atoms with van der Waals surface area (Å²) in [5.74, 6) is 0.538. The van der Waals surface area contributed by atoms with E-state index in [4.69, 9.17) is 5.26 Å². The predicted octanol–water partition coefficient (Wildman–Crippen LogP) is 2.96. The van der Waals surface area contributed by atoms with Gasteiger partial charge in [0.2, 0.25) is 0 Å². The maximum atomic E-state index is 8.96. The monoisotopic (exact) mass is 238 g/mol. The Hall–Kier alpha value is -2.41. The number of benzene rings is 1. The molecule has 4 heteroatoms. The Bertz CT molecular complexity index is 599. The van der Waals surface area contributed by atoms with Gasteiger partial charge in [0.15, 0.2) is 5.82 Å². The third-order valence-corrected chi connectivity index (χ3v) is 2.82. The van der Waals surface area contributed by atoms with Gasteiger partial charge in [-0.05, 0) is 36.6 Å². The number of hydrogen-bond donors (Lipinski definition) is 1. The van der Waals surface area contributed by atoms with Crippen molar-refractivity contribution >= 4 is 11.5 Å². The van der Waals surface area contributed by atoms with E-state index in [2.05, 4.69) is 47.3 Å². The molecular formula is C14H14N4. The number of aryl methyl sites for hydroxylation is 2. The van der Waals surface area contributed by atoms with Crippen LogP contribution in [0.5, 0.6) is 0 Å². The summed E-state index contributed by atoms with van der Waals surface area (Å²) in [6.45, 7) is 4.21.